The number of hydrogen-bond acceptors (Lipinski definition) is 4. The molecule has 9 rings (SSSR count). The molecule has 0 saturated heterocycles. The number of nitrogens with zero attached hydrogens (tertiary/aromatic N) is 3. The van der Waals surface area contributed by atoms with Gasteiger partial charge in [-0.3, -0.25) is 0 Å². The van der Waals surface area contributed by atoms with Crippen LogP contribution in [0.5, 0.6) is 0 Å². The zero-order valence-electron chi connectivity index (χ0n) is 25.3. The summed E-state index contributed by atoms with van der Waals surface area (Å²) in [4.78, 5) is 15.0. The first kappa shape index (κ1) is 27.0. The molecular formula is C43H27N3O. The topological polar surface area (TPSA) is 51.8 Å². The van der Waals surface area contributed by atoms with Gasteiger partial charge >= 0.3 is 0 Å². The van der Waals surface area contributed by atoms with Crippen LogP contribution in [0.1, 0.15) is 0 Å². The van der Waals surface area contributed by atoms with Crippen molar-refractivity contribution in [3.05, 3.63) is 164 Å². The minimum Gasteiger partial charge on any atom is -0.454 e. The van der Waals surface area contributed by atoms with Crippen molar-refractivity contribution < 1.29 is 4.42 Å². The third kappa shape index (κ3) is 4.84. The fourth-order valence-electron chi connectivity index (χ4n) is 6.36. The first-order chi connectivity index (χ1) is 23.3. The lowest BCUT2D eigenvalue weighted by Crippen LogP contribution is -1.95. The van der Waals surface area contributed by atoms with E-state index in [1.165, 1.54) is 0 Å². The van der Waals surface area contributed by atoms with Crippen LogP contribution >= 0.6 is 0 Å². The van der Waals surface area contributed by atoms with Crippen molar-refractivity contribution in [2.45, 2.75) is 0 Å². The molecule has 3 heterocycles. The van der Waals surface area contributed by atoms with Gasteiger partial charge in [-0.15, -0.1) is 0 Å². The van der Waals surface area contributed by atoms with Crippen molar-refractivity contribution in [3.63, 3.8) is 0 Å². The van der Waals surface area contributed by atoms with E-state index in [4.69, 9.17) is 19.4 Å². The van der Waals surface area contributed by atoms with Crippen LogP contribution in [0.15, 0.2) is 168 Å². The van der Waals surface area contributed by atoms with E-state index >= 15 is 0 Å². The van der Waals surface area contributed by atoms with E-state index in [-0.39, 0.29) is 0 Å². The van der Waals surface area contributed by atoms with Gasteiger partial charge in [0.2, 0.25) is 0 Å². The third-order valence-corrected chi connectivity index (χ3v) is 8.72. The Labute approximate surface area is 271 Å². The Hall–Kier alpha value is -6.39. The molecule has 4 nitrogen and oxygen atoms in total. The molecule has 0 bridgehead atoms. The third-order valence-electron chi connectivity index (χ3n) is 8.72. The molecule has 0 aliphatic carbocycles. The van der Waals surface area contributed by atoms with Gasteiger partial charge in [-0.05, 0) is 41.0 Å². The Morgan fingerprint density at radius 2 is 0.894 bits per heavy atom. The second-order valence-corrected chi connectivity index (χ2v) is 11.6. The maximum Gasteiger partial charge on any atom is 0.162 e. The number of fused-ring (bicyclic) bond motifs is 4. The van der Waals surface area contributed by atoms with E-state index < -0.39 is 0 Å². The largest absolute Gasteiger partial charge is 0.454 e. The van der Waals surface area contributed by atoms with Gasteiger partial charge in [-0.2, -0.15) is 0 Å². The van der Waals surface area contributed by atoms with Crippen LogP contribution in [-0.4, -0.2) is 15.0 Å². The first-order valence-corrected chi connectivity index (χ1v) is 15.7. The summed E-state index contributed by atoms with van der Waals surface area (Å²) >= 11 is 0. The number of hydrogen-bond donors (Lipinski definition) is 0. The van der Waals surface area contributed by atoms with Crippen LogP contribution < -0.4 is 0 Å². The van der Waals surface area contributed by atoms with E-state index in [2.05, 4.69) is 103 Å². The highest BCUT2D eigenvalue weighted by Crippen LogP contribution is 2.40. The smallest absolute Gasteiger partial charge is 0.162 e. The van der Waals surface area contributed by atoms with Crippen LogP contribution in [0.2, 0.25) is 0 Å². The number of rotatable bonds is 5. The zero-order valence-corrected chi connectivity index (χ0v) is 25.3. The molecule has 0 radical (unpaired) electrons. The van der Waals surface area contributed by atoms with Crippen LogP contribution in [-0.2, 0) is 0 Å². The van der Waals surface area contributed by atoms with Crippen molar-refractivity contribution in [1.82, 2.24) is 15.0 Å². The lowest BCUT2D eigenvalue weighted by atomic mass is 9.96. The number of aromatic nitrogens is 3. The normalized spacial score (nSPS) is 11.4. The average Bonchev–Trinajstić information content (AvgIpc) is 3.52. The minimum absolute atomic E-state index is 0.700. The number of pyridine rings is 1. The number of para-hydroxylation sites is 2. The van der Waals surface area contributed by atoms with E-state index in [1.807, 2.05) is 60.7 Å². The summed E-state index contributed by atoms with van der Waals surface area (Å²) in [5.41, 5.74) is 12.8. The molecule has 47 heavy (non-hydrogen) atoms. The lowest BCUT2D eigenvalue weighted by molar-refractivity contribution is 0.670. The van der Waals surface area contributed by atoms with Crippen molar-refractivity contribution in [2.75, 3.05) is 0 Å². The Bertz CT molecular complexity index is 2480. The number of furan rings is 1. The van der Waals surface area contributed by atoms with Crippen LogP contribution in [0.4, 0.5) is 0 Å². The average molecular weight is 602 g/mol. The molecule has 3 aromatic heterocycles. The molecule has 0 amide bonds. The minimum atomic E-state index is 0.700. The van der Waals surface area contributed by atoms with Gasteiger partial charge in [-0.25, -0.2) is 15.0 Å². The molecule has 0 fully saturated rings. The second kappa shape index (κ2) is 11.2. The van der Waals surface area contributed by atoms with Crippen molar-refractivity contribution in [1.29, 1.82) is 0 Å². The molecule has 0 unspecified atom stereocenters. The molecule has 0 aliphatic rings. The van der Waals surface area contributed by atoms with Crippen LogP contribution in [0.3, 0.4) is 0 Å². The second-order valence-electron chi connectivity index (χ2n) is 11.6. The predicted octanol–water partition coefficient (Wildman–Crippen LogP) is 11.3. The predicted molar refractivity (Wildman–Crippen MR) is 192 cm³/mol. The molecule has 220 valence electrons. The highest BCUT2D eigenvalue weighted by Gasteiger charge is 2.18. The molecule has 0 atom stereocenters. The number of benzene rings is 6. The Balaban J connectivity index is 1.09. The van der Waals surface area contributed by atoms with Gasteiger partial charge < -0.3 is 4.42 Å². The molecule has 4 heteroatoms. The van der Waals surface area contributed by atoms with E-state index in [0.717, 1.165) is 83.3 Å². The molecule has 0 aliphatic heterocycles. The summed E-state index contributed by atoms with van der Waals surface area (Å²) in [6.07, 6.45) is 0. The Morgan fingerprint density at radius 1 is 0.383 bits per heavy atom. The van der Waals surface area contributed by atoms with Gasteiger partial charge in [0.25, 0.3) is 0 Å². The maximum atomic E-state index is 6.41. The monoisotopic (exact) mass is 601 g/mol. The molecule has 6 aromatic carbocycles. The first-order valence-electron chi connectivity index (χ1n) is 15.7. The van der Waals surface area contributed by atoms with Gasteiger partial charge in [-0.1, -0.05) is 140 Å². The fourth-order valence-corrected chi connectivity index (χ4v) is 6.36. The Morgan fingerprint density at radius 3 is 1.53 bits per heavy atom. The molecular weight excluding hydrogens is 574 g/mol. The highest BCUT2D eigenvalue weighted by molar-refractivity contribution is 6.14. The van der Waals surface area contributed by atoms with Crippen molar-refractivity contribution >= 4 is 33.0 Å². The SMILES string of the molecule is c1ccc(-c2cc(-c3ccccc3)nc(-c3ccc(-c4ccc(-c5c6ccccc6nc6c5oc5ccccc56)cc4)cc3)n2)cc1. The molecule has 0 saturated carbocycles. The Kier molecular flexibility index (Phi) is 6.43. The van der Waals surface area contributed by atoms with Crippen LogP contribution in [0, 0.1) is 0 Å². The van der Waals surface area contributed by atoms with Gasteiger partial charge in [0.1, 0.15) is 11.1 Å². The molecule has 0 N–H and O–H groups in total. The fraction of sp³-hybridized carbons (Fsp3) is 0. The van der Waals surface area contributed by atoms with Gasteiger partial charge in [0.15, 0.2) is 11.4 Å². The van der Waals surface area contributed by atoms with E-state index in [9.17, 15) is 0 Å². The van der Waals surface area contributed by atoms with Gasteiger partial charge in [0.05, 0.1) is 16.9 Å². The summed E-state index contributed by atoms with van der Waals surface area (Å²) in [5.74, 6) is 0.700. The lowest BCUT2D eigenvalue weighted by Gasteiger charge is -2.11. The summed E-state index contributed by atoms with van der Waals surface area (Å²) in [5, 5.41) is 2.10. The summed E-state index contributed by atoms with van der Waals surface area (Å²) in [6, 6.07) is 56.2. The molecule has 0 spiro atoms. The highest BCUT2D eigenvalue weighted by atomic mass is 16.3. The summed E-state index contributed by atoms with van der Waals surface area (Å²) < 4.78 is 6.41. The molecule has 9 aromatic rings. The summed E-state index contributed by atoms with van der Waals surface area (Å²) in [6.45, 7) is 0. The van der Waals surface area contributed by atoms with Crippen LogP contribution in [0.25, 0.3) is 89.1 Å². The quantitative estimate of drug-likeness (QED) is 0.197. The van der Waals surface area contributed by atoms with Gasteiger partial charge in [0, 0.05) is 33.0 Å². The van der Waals surface area contributed by atoms with Crippen molar-refractivity contribution in [2.24, 2.45) is 0 Å². The maximum absolute atomic E-state index is 6.41. The van der Waals surface area contributed by atoms with E-state index in [0.29, 0.717) is 5.82 Å². The standard InChI is InChI=1S/C43H27N3O/c1-3-11-30(12-4-1)37-27-38(31-13-5-2-6-14-31)46-43(45-37)33-25-21-29(22-26-33)28-19-23-32(24-20-28)40-34-15-7-9-17-36(34)44-41-35-16-8-10-18-39(35)47-42(40)41/h1-27H. The zero-order chi connectivity index (χ0) is 31.2. The van der Waals surface area contributed by atoms with E-state index in [1.54, 1.807) is 0 Å². The van der Waals surface area contributed by atoms with Crippen molar-refractivity contribution in [3.8, 4) is 56.2 Å². The summed E-state index contributed by atoms with van der Waals surface area (Å²) in [7, 11) is 0.